The lowest BCUT2D eigenvalue weighted by molar-refractivity contribution is -0.144. The molecular weight excluding hydrogens is 951 g/mol. The highest BCUT2D eigenvalue weighted by atomic mass is 16.4. The van der Waals surface area contributed by atoms with Crippen LogP contribution in [0.1, 0.15) is 77.8 Å². The van der Waals surface area contributed by atoms with Gasteiger partial charge in [-0.1, -0.05) is 89.1 Å². The number of para-hydroxylation sites is 1. The fourth-order valence-corrected chi connectivity index (χ4v) is 7.48. The molecule has 0 fully saturated rings. The number of carbonyl (C=O) groups is 10. The number of fused-ring (bicyclic) bond motifs is 1. The van der Waals surface area contributed by atoms with Gasteiger partial charge in [0, 0.05) is 29.9 Å². The zero-order chi connectivity index (χ0) is 54.4. The first kappa shape index (κ1) is 59.9. The number of amides is 8. The fraction of sp³-hybridized carbons (Fsp3) is 0.510. The lowest BCUT2D eigenvalue weighted by Gasteiger charge is -2.27. The van der Waals surface area contributed by atoms with Gasteiger partial charge in [0.05, 0.1) is 25.6 Å². The summed E-state index contributed by atoms with van der Waals surface area (Å²) in [5.74, 6) is -11.0. The molecule has 2 aromatic carbocycles. The summed E-state index contributed by atoms with van der Waals surface area (Å²) in [5.41, 5.74) is 13.4. The molecule has 3 aromatic rings. The molecule has 0 saturated heterocycles. The van der Waals surface area contributed by atoms with Crippen molar-refractivity contribution in [3.05, 3.63) is 71.9 Å². The highest BCUT2D eigenvalue weighted by Gasteiger charge is 2.35. The van der Waals surface area contributed by atoms with Crippen molar-refractivity contribution in [1.82, 2.24) is 47.5 Å². The van der Waals surface area contributed by atoms with Crippen molar-refractivity contribution in [2.24, 2.45) is 23.3 Å². The molecule has 9 atom stereocenters. The number of hydrogen-bond acceptors (Lipinski definition) is 13. The van der Waals surface area contributed by atoms with Gasteiger partial charge in [0.2, 0.25) is 47.3 Å². The maximum absolute atomic E-state index is 13.9. The maximum Gasteiger partial charge on any atom is 0.326 e. The number of aliphatic hydroxyl groups excluding tert-OH is 1. The molecule has 16 N–H and O–H groups in total. The van der Waals surface area contributed by atoms with Crippen molar-refractivity contribution >= 4 is 70.1 Å². The Labute approximate surface area is 422 Å². The third kappa shape index (κ3) is 19.3. The molecule has 24 nitrogen and oxygen atoms in total. The summed E-state index contributed by atoms with van der Waals surface area (Å²) in [6, 6.07) is 4.34. The van der Waals surface area contributed by atoms with Gasteiger partial charge in [0.25, 0.3) is 0 Å². The van der Waals surface area contributed by atoms with Crippen LogP contribution in [-0.2, 0) is 60.8 Å². The van der Waals surface area contributed by atoms with Crippen LogP contribution < -0.4 is 54.0 Å². The molecule has 400 valence electrons. The summed E-state index contributed by atoms with van der Waals surface area (Å²) in [6.45, 7) is 6.62. The number of carbonyl (C=O) groups excluding carboxylic acids is 8. The highest BCUT2D eigenvalue weighted by molar-refractivity contribution is 5.98. The number of carboxylic acids is 2. The fourth-order valence-electron chi connectivity index (χ4n) is 7.48. The molecule has 0 aliphatic heterocycles. The first-order chi connectivity index (χ1) is 34.6. The molecule has 0 spiro atoms. The topological polar surface area (TPSA) is 395 Å². The van der Waals surface area contributed by atoms with Crippen LogP contribution in [0.2, 0.25) is 0 Å². The number of rotatable bonds is 31. The van der Waals surface area contributed by atoms with Crippen LogP contribution in [0.15, 0.2) is 60.8 Å². The first-order valence-corrected chi connectivity index (χ1v) is 24.1. The van der Waals surface area contributed by atoms with Crippen LogP contribution in [0.5, 0.6) is 0 Å². The maximum atomic E-state index is 13.9. The Balaban J connectivity index is 1.80. The molecule has 3 rings (SSSR count). The zero-order valence-electron chi connectivity index (χ0n) is 41.7. The normalized spacial score (nSPS) is 14.9. The summed E-state index contributed by atoms with van der Waals surface area (Å²) < 4.78 is 0. The number of unbranched alkanes of at least 4 members (excludes halogenated alkanes) is 1. The Bertz CT molecular complexity index is 2380. The average Bonchev–Trinajstić information content (AvgIpc) is 3.76. The van der Waals surface area contributed by atoms with Gasteiger partial charge in [0.15, 0.2) is 0 Å². The highest BCUT2D eigenvalue weighted by Crippen LogP contribution is 2.19. The van der Waals surface area contributed by atoms with Gasteiger partial charge < -0.3 is 74.3 Å². The Morgan fingerprint density at radius 3 is 1.84 bits per heavy atom. The van der Waals surface area contributed by atoms with Gasteiger partial charge in [0.1, 0.15) is 42.3 Å². The number of aromatic amines is 1. The summed E-state index contributed by atoms with van der Waals surface area (Å²) in [5, 5.41) is 49.6. The van der Waals surface area contributed by atoms with Gasteiger partial charge in [-0.2, -0.15) is 0 Å². The quantitative estimate of drug-likeness (QED) is 0.0316. The first-order valence-electron chi connectivity index (χ1n) is 24.1. The molecular formula is C49H71N11O13. The molecule has 1 heterocycles. The molecule has 0 bridgehead atoms. The van der Waals surface area contributed by atoms with E-state index in [9.17, 15) is 63.3 Å². The Hall–Kier alpha value is -7.44. The van der Waals surface area contributed by atoms with E-state index in [1.165, 1.54) is 6.92 Å². The SMILES string of the molecule is CC[C@H](C)[C@H](NC(=O)[C@@H](N)CCCCN)C(=O)N[C@@H](C)C(=O)N[C@@H](CC(=O)O)C(=O)N[C@@H](Cc1ccccc1)C(=O)NCC(=O)N[C@@H](Cc1c[nH]c2ccccc12)C(=O)N[C@@H](CO)C(=O)N[C@H](C(=O)O)C(C)C. The van der Waals surface area contributed by atoms with E-state index < -0.39 is 139 Å². The third-order valence-corrected chi connectivity index (χ3v) is 12.0. The molecule has 0 aliphatic rings. The standard InChI is InChI=1S/C49H71N11O13/c1-6-27(4)41(60-43(66)32(51)17-12-13-19-50)48(71)54-28(5)42(65)56-36(22-39(63)64)46(69)57-34(20-29-14-8-7-9-15-29)44(67)53-24-38(62)55-35(21-30-23-52-33-18-11-10-16-31(30)33)45(68)58-37(25-61)47(70)59-40(26(2)3)49(72)73/h7-11,14-16,18,23,26-28,32,34-37,40-41,52,61H,6,12-13,17,19-22,24-25,50-51H2,1-5H3,(H,53,67)(H,54,71)(H,55,62)(H,56,65)(H,57,69)(H,58,68)(H,59,70)(H,60,66)(H,63,64)(H,72,73)/t27-,28-,32-,34-,35-,36-,37-,40-,41-/m0/s1. The number of aliphatic hydroxyl groups is 1. The minimum Gasteiger partial charge on any atom is -0.481 e. The minimum atomic E-state index is -1.79. The van der Waals surface area contributed by atoms with Crippen LogP contribution in [0.25, 0.3) is 10.9 Å². The summed E-state index contributed by atoms with van der Waals surface area (Å²) in [4.78, 5) is 135. The number of nitrogens with two attached hydrogens (primary N) is 2. The number of H-pyrrole nitrogens is 1. The second-order valence-corrected chi connectivity index (χ2v) is 18.1. The number of nitrogens with one attached hydrogen (secondary N) is 9. The van der Waals surface area contributed by atoms with E-state index in [1.54, 1.807) is 88.5 Å². The van der Waals surface area contributed by atoms with Crippen molar-refractivity contribution in [2.75, 3.05) is 19.7 Å². The average molecular weight is 1020 g/mol. The predicted octanol–water partition coefficient (Wildman–Crippen LogP) is -1.81. The monoisotopic (exact) mass is 1020 g/mol. The lowest BCUT2D eigenvalue weighted by Crippen LogP contribution is -2.60. The Morgan fingerprint density at radius 2 is 1.22 bits per heavy atom. The molecule has 0 radical (unpaired) electrons. The van der Waals surface area contributed by atoms with Crippen LogP contribution in [0, 0.1) is 11.8 Å². The molecule has 0 saturated carbocycles. The van der Waals surface area contributed by atoms with Crippen LogP contribution in [-0.4, -0.2) is 148 Å². The van der Waals surface area contributed by atoms with Gasteiger partial charge in [-0.3, -0.25) is 43.2 Å². The van der Waals surface area contributed by atoms with Crippen molar-refractivity contribution in [3.63, 3.8) is 0 Å². The molecule has 8 amide bonds. The van der Waals surface area contributed by atoms with Crippen LogP contribution >= 0.6 is 0 Å². The van der Waals surface area contributed by atoms with E-state index in [0.29, 0.717) is 54.3 Å². The molecule has 1 aromatic heterocycles. The van der Waals surface area contributed by atoms with Crippen LogP contribution in [0.3, 0.4) is 0 Å². The Morgan fingerprint density at radius 1 is 0.630 bits per heavy atom. The van der Waals surface area contributed by atoms with Gasteiger partial charge in [-0.15, -0.1) is 0 Å². The summed E-state index contributed by atoms with van der Waals surface area (Å²) in [7, 11) is 0. The van der Waals surface area contributed by atoms with Gasteiger partial charge in [-0.05, 0) is 55.3 Å². The number of carboxylic acid groups (broad SMARTS) is 2. The Kier molecular flexibility index (Phi) is 24.4. The van der Waals surface area contributed by atoms with E-state index in [-0.39, 0.29) is 12.8 Å². The van der Waals surface area contributed by atoms with Crippen molar-refractivity contribution in [3.8, 4) is 0 Å². The van der Waals surface area contributed by atoms with E-state index in [1.807, 2.05) is 0 Å². The molecule has 24 heteroatoms. The molecule has 73 heavy (non-hydrogen) atoms. The van der Waals surface area contributed by atoms with E-state index >= 15 is 0 Å². The van der Waals surface area contributed by atoms with Crippen molar-refractivity contribution < 1.29 is 63.3 Å². The summed E-state index contributed by atoms with van der Waals surface area (Å²) >= 11 is 0. The van der Waals surface area contributed by atoms with Crippen molar-refractivity contribution in [1.29, 1.82) is 0 Å². The number of benzene rings is 2. The second kappa shape index (κ2) is 29.8. The number of hydrogen-bond donors (Lipinski definition) is 14. The smallest absolute Gasteiger partial charge is 0.326 e. The number of aliphatic carboxylic acids is 2. The van der Waals surface area contributed by atoms with E-state index in [0.717, 1.165) is 0 Å². The van der Waals surface area contributed by atoms with Crippen molar-refractivity contribution in [2.45, 2.75) is 128 Å². The van der Waals surface area contributed by atoms with Gasteiger partial charge in [-0.25, -0.2) is 4.79 Å². The second-order valence-electron chi connectivity index (χ2n) is 18.1. The van der Waals surface area contributed by atoms with Gasteiger partial charge >= 0.3 is 11.9 Å². The van der Waals surface area contributed by atoms with E-state index in [2.05, 4.69) is 47.5 Å². The largest absolute Gasteiger partial charge is 0.481 e. The van der Waals surface area contributed by atoms with Crippen LogP contribution in [0.4, 0.5) is 0 Å². The molecule has 0 aliphatic carbocycles. The summed E-state index contributed by atoms with van der Waals surface area (Å²) in [6.07, 6.45) is 2.34. The zero-order valence-corrected chi connectivity index (χ0v) is 41.7. The predicted molar refractivity (Wildman–Crippen MR) is 266 cm³/mol. The lowest BCUT2D eigenvalue weighted by atomic mass is 9.97. The van der Waals surface area contributed by atoms with E-state index in [4.69, 9.17) is 11.5 Å². The third-order valence-electron chi connectivity index (χ3n) is 12.0. The minimum absolute atomic E-state index is 0.162. The number of aromatic nitrogens is 1. The molecule has 0 unspecified atom stereocenters.